The molecule has 0 aliphatic rings. The summed E-state index contributed by atoms with van der Waals surface area (Å²) in [6.45, 7) is 2.45. The molecular formula is C11H13BrO3. The molecule has 0 N–H and O–H groups in total. The molecule has 0 amide bonds. The summed E-state index contributed by atoms with van der Waals surface area (Å²) in [5, 5.41) is 0. The third kappa shape index (κ3) is 3.64. The van der Waals surface area contributed by atoms with Crippen LogP contribution in [-0.2, 0) is 4.74 Å². The third-order valence-corrected chi connectivity index (χ3v) is 2.44. The molecule has 3 nitrogen and oxygen atoms in total. The Morgan fingerprint density at radius 3 is 2.80 bits per heavy atom. The van der Waals surface area contributed by atoms with Crippen LogP contribution in [0, 0.1) is 0 Å². The monoisotopic (exact) mass is 272 g/mol. The van der Waals surface area contributed by atoms with Crippen molar-refractivity contribution in [2.45, 2.75) is 13.0 Å². The lowest BCUT2D eigenvalue weighted by Crippen LogP contribution is -2.18. The first-order valence-corrected chi connectivity index (χ1v) is 5.37. The Morgan fingerprint density at radius 2 is 2.27 bits per heavy atom. The van der Waals surface area contributed by atoms with Gasteiger partial charge in [0.05, 0.1) is 11.1 Å². The van der Waals surface area contributed by atoms with E-state index in [4.69, 9.17) is 9.47 Å². The van der Waals surface area contributed by atoms with E-state index in [2.05, 4.69) is 15.9 Å². The number of carbonyl (C=O) groups excluding carboxylic acids is 1. The van der Waals surface area contributed by atoms with Crippen molar-refractivity contribution in [1.82, 2.24) is 0 Å². The van der Waals surface area contributed by atoms with E-state index in [1.165, 1.54) is 0 Å². The van der Waals surface area contributed by atoms with E-state index in [-0.39, 0.29) is 6.10 Å². The molecular weight excluding hydrogens is 260 g/mol. The van der Waals surface area contributed by atoms with Crippen molar-refractivity contribution in [2.24, 2.45) is 0 Å². The number of halogens is 1. The van der Waals surface area contributed by atoms with Gasteiger partial charge in [-0.15, -0.1) is 0 Å². The van der Waals surface area contributed by atoms with Gasteiger partial charge in [-0.1, -0.05) is 0 Å². The molecule has 0 bridgehead atoms. The number of methoxy groups -OCH3 is 1. The average molecular weight is 273 g/mol. The lowest BCUT2D eigenvalue weighted by Gasteiger charge is -2.14. The maximum atomic E-state index is 10.5. The fraction of sp³-hybridized carbons (Fsp3) is 0.364. The maximum absolute atomic E-state index is 10.5. The van der Waals surface area contributed by atoms with Crippen LogP contribution in [-0.4, -0.2) is 26.1 Å². The first kappa shape index (κ1) is 12.2. The first-order valence-electron chi connectivity index (χ1n) is 4.57. The zero-order chi connectivity index (χ0) is 11.3. The number of rotatable bonds is 5. The molecule has 0 radical (unpaired) electrons. The van der Waals surface area contributed by atoms with Crippen LogP contribution < -0.4 is 4.74 Å². The van der Waals surface area contributed by atoms with Gasteiger partial charge in [0.25, 0.3) is 0 Å². The van der Waals surface area contributed by atoms with Crippen LogP contribution in [0.2, 0.25) is 0 Å². The van der Waals surface area contributed by atoms with Crippen molar-refractivity contribution in [1.29, 1.82) is 0 Å². The second-order valence-corrected chi connectivity index (χ2v) is 4.05. The Bertz CT molecular complexity index is 339. The van der Waals surface area contributed by atoms with Crippen molar-refractivity contribution >= 4 is 22.2 Å². The molecule has 1 atom stereocenters. The minimum atomic E-state index is -0.0200. The second-order valence-electron chi connectivity index (χ2n) is 3.19. The molecule has 0 fully saturated rings. The van der Waals surface area contributed by atoms with Gasteiger partial charge in [0, 0.05) is 12.7 Å². The van der Waals surface area contributed by atoms with Gasteiger partial charge in [-0.25, -0.2) is 0 Å². The van der Waals surface area contributed by atoms with Gasteiger partial charge < -0.3 is 9.47 Å². The minimum absolute atomic E-state index is 0.0200. The van der Waals surface area contributed by atoms with E-state index in [0.29, 0.717) is 17.9 Å². The number of hydrogen-bond donors (Lipinski definition) is 0. The van der Waals surface area contributed by atoms with Crippen molar-refractivity contribution in [3.63, 3.8) is 0 Å². The maximum Gasteiger partial charge on any atom is 0.150 e. The Balaban J connectivity index is 2.73. The summed E-state index contributed by atoms with van der Waals surface area (Å²) < 4.78 is 11.3. The smallest absolute Gasteiger partial charge is 0.150 e. The molecule has 82 valence electrons. The predicted octanol–water partition coefficient (Wildman–Crippen LogP) is 2.68. The summed E-state index contributed by atoms with van der Waals surface area (Å²) in [5.41, 5.74) is 0.619. The van der Waals surface area contributed by atoms with Gasteiger partial charge in [-0.2, -0.15) is 0 Å². The van der Waals surface area contributed by atoms with E-state index in [1.807, 2.05) is 6.92 Å². The van der Waals surface area contributed by atoms with Crippen LogP contribution in [0.5, 0.6) is 5.75 Å². The number of hydrogen-bond acceptors (Lipinski definition) is 3. The molecule has 4 heteroatoms. The molecule has 0 spiro atoms. The first-order chi connectivity index (χ1) is 7.17. The summed E-state index contributed by atoms with van der Waals surface area (Å²) >= 11 is 3.34. The normalized spacial score (nSPS) is 12.2. The molecule has 1 unspecified atom stereocenters. The third-order valence-electron chi connectivity index (χ3n) is 1.82. The van der Waals surface area contributed by atoms with Gasteiger partial charge in [-0.3, -0.25) is 4.79 Å². The molecule has 15 heavy (non-hydrogen) atoms. The van der Waals surface area contributed by atoms with Gasteiger partial charge >= 0.3 is 0 Å². The van der Waals surface area contributed by atoms with Crippen molar-refractivity contribution in [3.05, 3.63) is 28.2 Å². The van der Waals surface area contributed by atoms with Crippen LogP contribution in [0.25, 0.3) is 0 Å². The molecule has 0 saturated heterocycles. The lowest BCUT2D eigenvalue weighted by atomic mass is 10.2. The molecule has 0 aliphatic carbocycles. The summed E-state index contributed by atoms with van der Waals surface area (Å²) in [6, 6.07) is 5.20. The van der Waals surface area contributed by atoms with Gasteiger partial charge in [0.1, 0.15) is 18.1 Å². The highest BCUT2D eigenvalue weighted by Gasteiger charge is 2.07. The Kier molecular flexibility index (Phi) is 4.78. The summed E-state index contributed by atoms with van der Waals surface area (Å²) in [7, 11) is 1.63. The van der Waals surface area contributed by atoms with Crippen LogP contribution in [0.1, 0.15) is 17.3 Å². The largest absolute Gasteiger partial charge is 0.487 e. The fourth-order valence-corrected chi connectivity index (χ4v) is 1.66. The van der Waals surface area contributed by atoms with Crippen LogP contribution in [0.4, 0.5) is 0 Å². The van der Waals surface area contributed by atoms with Gasteiger partial charge in [0.15, 0.2) is 0 Å². The SMILES string of the molecule is COCC(C)Oc1ccc(C=O)cc1Br. The molecule has 1 aromatic carbocycles. The highest BCUT2D eigenvalue weighted by atomic mass is 79.9. The Hall–Kier alpha value is -0.870. The van der Waals surface area contributed by atoms with E-state index < -0.39 is 0 Å². The number of aldehydes is 1. The number of carbonyl (C=O) groups is 1. The van der Waals surface area contributed by atoms with E-state index in [1.54, 1.807) is 25.3 Å². The highest BCUT2D eigenvalue weighted by Crippen LogP contribution is 2.26. The Labute approximate surface area is 97.5 Å². The second kappa shape index (κ2) is 5.88. The molecule has 1 rings (SSSR count). The number of benzene rings is 1. The Morgan fingerprint density at radius 1 is 1.53 bits per heavy atom. The molecule has 1 aromatic rings. The van der Waals surface area contributed by atoms with Crippen LogP contribution in [0.3, 0.4) is 0 Å². The van der Waals surface area contributed by atoms with E-state index in [9.17, 15) is 4.79 Å². The van der Waals surface area contributed by atoms with Crippen molar-refractivity contribution < 1.29 is 14.3 Å². The molecule has 0 heterocycles. The zero-order valence-corrected chi connectivity index (χ0v) is 10.3. The molecule has 0 aliphatic heterocycles. The fourth-order valence-electron chi connectivity index (χ4n) is 1.17. The zero-order valence-electron chi connectivity index (χ0n) is 8.70. The molecule has 0 aromatic heterocycles. The quantitative estimate of drug-likeness (QED) is 0.774. The van der Waals surface area contributed by atoms with E-state index in [0.717, 1.165) is 10.8 Å². The summed E-state index contributed by atoms with van der Waals surface area (Å²) in [5.74, 6) is 0.713. The van der Waals surface area contributed by atoms with Gasteiger partial charge in [-0.05, 0) is 41.1 Å². The van der Waals surface area contributed by atoms with Gasteiger partial charge in [0.2, 0.25) is 0 Å². The standard InChI is InChI=1S/C11H13BrO3/c1-8(7-14-2)15-11-4-3-9(6-13)5-10(11)12/h3-6,8H,7H2,1-2H3. The molecule has 0 saturated carbocycles. The van der Waals surface area contributed by atoms with E-state index >= 15 is 0 Å². The van der Waals surface area contributed by atoms with Crippen molar-refractivity contribution in [2.75, 3.05) is 13.7 Å². The topological polar surface area (TPSA) is 35.5 Å². The average Bonchev–Trinajstić information content (AvgIpc) is 2.21. The van der Waals surface area contributed by atoms with Crippen LogP contribution >= 0.6 is 15.9 Å². The lowest BCUT2D eigenvalue weighted by molar-refractivity contribution is 0.0915. The predicted molar refractivity (Wildman–Crippen MR) is 61.5 cm³/mol. The van der Waals surface area contributed by atoms with Crippen molar-refractivity contribution in [3.8, 4) is 5.75 Å². The van der Waals surface area contributed by atoms with Crippen LogP contribution in [0.15, 0.2) is 22.7 Å². The summed E-state index contributed by atoms with van der Waals surface area (Å²) in [6.07, 6.45) is 0.779. The number of ether oxygens (including phenoxy) is 2. The minimum Gasteiger partial charge on any atom is -0.487 e. The summed E-state index contributed by atoms with van der Waals surface area (Å²) in [4.78, 5) is 10.5. The highest BCUT2D eigenvalue weighted by molar-refractivity contribution is 9.10.